The Morgan fingerprint density at radius 1 is 1.07 bits per heavy atom. The number of hydrogen-bond acceptors (Lipinski definition) is 7. The fraction of sp³-hybridized carbons (Fsp3) is 0.346. The number of sulfone groups is 1. The molecule has 2 saturated carbocycles. The van der Waals surface area contributed by atoms with Crippen LogP contribution in [0.15, 0.2) is 46.8 Å². The number of carbonyl (C=O) groups excluding carboxylic acids is 2. The molecule has 0 radical (unpaired) electrons. The van der Waals surface area contributed by atoms with Gasteiger partial charge in [0.25, 0.3) is 5.91 Å². The number of carbonyl (C=O) groups is 2. The fourth-order valence-electron chi connectivity index (χ4n) is 5.73. The van der Waals surface area contributed by atoms with Crippen LogP contribution in [0.3, 0.4) is 0 Å². The third-order valence-electron chi connectivity index (χ3n) is 7.68. The van der Waals surface area contributed by atoms with Crippen LogP contribution in [0.25, 0.3) is 0 Å². The van der Waals surface area contributed by atoms with Gasteiger partial charge in [0.2, 0.25) is 5.91 Å². The van der Waals surface area contributed by atoms with Crippen LogP contribution in [-0.4, -0.2) is 41.2 Å². The molecule has 1 aromatic heterocycles. The monoisotopic (exact) mass is 613 g/mol. The zero-order chi connectivity index (χ0) is 28.8. The van der Waals surface area contributed by atoms with Gasteiger partial charge in [-0.1, -0.05) is 11.6 Å². The third kappa shape index (κ3) is 5.35. The van der Waals surface area contributed by atoms with E-state index in [9.17, 15) is 36.3 Å². The van der Waals surface area contributed by atoms with Crippen LogP contribution in [0.2, 0.25) is 5.02 Å². The molecular formula is C26H23ClF3N3O5S2. The minimum absolute atomic E-state index is 0.0980. The van der Waals surface area contributed by atoms with E-state index >= 15 is 0 Å². The van der Waals surface area contributed by atoms with E-state index in [4.69, 9.17) is 11.6 Å². The number of aromatic nitrogens is 1. The second kappa shape index (κ2) is 10.8. The van der Waals surface area contributed by atoms with Crippen LogP contribution in [0.5, 0.6) is 0 Å². The number of fused-ring (bicyclic) bond motifs is 2. The molecule has 2 atom stereocenters. The molecule has 2 aliphatic carbocycles. The molecule has 14 heteroatoms. The van der Waals surface area contributed by atoms with Crippen molar-refractivity contribution in [2.75, 3.05) is 10.6 Å². The maximum absolute atomic E-state index is 13.7. The standard InChI is InChI=1S/C26H23ClF3N3O5S2/c27-18-4-1-13(24(35)32-16-10-19(28)23(30)20(29)11-16)7-21(18)40(37,38)17-8-14-2-3-15(9-17)26(14,36)12-22(34)33-25-31-5-6-39-25/h1,4-7,10-11,14-15,17,36H,2-3,8-9,12H2,(H,32,35)(H,31,33,34)/t14?,15?,17-,26-. The molecule has 8 nitrogen and oxygen atoms in total. The molecule has 2 fully saturated rings. The Morgan fingerprint density at radius 3 is 2.33 bits per heavy atom. The molecule has 5 rings (SSSR count). The Balaban J connectivity index is 1.33. The van der Waals surface area contributed by atoms with Gasteiger partial charge in [-0.3, -0.25) is 9.59 Å². The minimum atomic E-state index is -4.09. The summed E-state index contributed by atoms with van der Waals surface area (Å²) in [5.74, 6) is -6.86. The number of thiazole rings is 1. The first-order valence-electron chi connectivity index (χ1n) is 12.3. The molecule has 0 saturated heterocycles. The van der Waals surface area contributed by atoms with Gasteiger partial charge in [-0.15, -0.1) is 11.3 Å². The van der Waals surface area contributed by atoms with Crippen LogP contribution in [0.1, 0.15) is 42.5 Å². The Hall–Kier alpha value is -3.00. The number of halogens is 4. The summed E-state index contributed by atoms with van der Waals surface area (Å²) in [5.41, 5.74) is -1.87. The average molecular weight is 614 g/mol. The van der Waals surface area contributed by atoms with Crippen LogP contribution in [-0.2, 0) is 14.6 Å². The maximum Gasteiger partial charge on any atom is 0.255 e. The van der Waals surface area contributed by atoms with Crippen LogP contribution < -0.4 is 10.6 Å². The summed E-state index contributed by atoms with van der Waals surface area (Å²) < 4.78 is 67.7. The molecule has 3 aromatic rings. The highest BCUT2D eigenvalue weighted by Crippen LogP contribution is 2.53. The molecule has 0 spiro atoms. The van der Waals surface area contributed by atoms with Gasteiger partial charge in [-0.05, 0) is 55.7 Å². The normalized spacial score (nSPS) is 24.1. The summed E-state index contributed by atoms with van der Waals surface area (Å²) in [6, 6.07) is 4.75. The quantitative estimate of drug-likeness (QED) is 0.315. The molecule has 2 aromatic carbocycles. The highest BCUT2D eigenvalue weighted by molar-refractivity contribution is 7.92. The van der Waals surface area contributed by atoms with Gasteiger partial charge in [0, 0.05) is 35.0 Å². The largest absolute Gasteiger partial charge is 0.389 e. The highest BCUT2D eigenvalue weighted by atomic mass is 35.5. The summed E-state index contributed by atoms with van der Waals surface area (Å²) in [5, 5.41) is 17.4. The van der Waals surface area contributed by atoms with Gasteiger partial charge in [0.05, 0.1) is 27.2 Å². The second-order valence-electron chi connectivity index (χ2n) is 10.0. The number of aliphatic hydroxyl groups is 1. The molecule has 3 N–H and O–H groups in total. The summed E-state index contributed by atoms with van der Waals surface area (Å²) in [6.07, 6.45) is 2.66. The number of benzene rings is 2. The van der Waals surface area contributed by atoms with E-state index in [2.05, 4.69) is 15.6 Å². The lowest BCUT2D eigenvalue weighted by molar-refractivity contribution is -0.127. The van der Waals surface area contributed by atoms with Crippen molar-refractivity contribution >= 4 is 55.4 Å². The van der Waals surface area contributed by atoms with Crippen molar-refractivity contribution in [3.05, 3.63) is 69.9 Å². The van der Waals surface area contributed by atoms with Gasteiger partial charge in [0.15, 0.2) is 32.4 Å². The lowest BCUT2D eigenvalue weighted by Crippen LogP contribution is -2.50. The molecule has 0 aliphatic heterocycles. The highest BCUT2D eigenvalue weighted by Gasteiger charge is 2.56. The van der Waals surface area contributed by atoms with Crippen molar-refractivity contribution in [2.45, 2.75) is 47.9 Å². The van der Waals surface area contributed by atoms with Crippen LogP contribution in [0, 0.1) is 29.3 Å². The van der Waals surface area contributed by atoms with E-state index in [1.54, 1.807) is 11.6 Å². The molecule has 2 aliphatic rings. The smallest absolute Gasteiger partial charge is 0.255 e. The van der Waals surface area contributed by atoms with Gasteiger partial charge in [-0.25, -0.2) is 26.6 Å². The number of nitrogens with one attached hydrogen (secondary N) is 2. The van der Waals surface area contributed by atoms with E-state index in [0.29, 0.717) is 30.1 Å². The van der Waals surface area contributed by atoms with E-state index in [-0.39, 0.29) is 40.4 Å². The summed E-state index contributed by atoms with van der Waals surface area (Å²) in [7, 11) is -4.09. The average Bonchev–Trinajstić information content (AvgIpc) is 3.41. The van der Waals surface area contributed by atoms with Gasteiger partial charge in [-0.2, -0.15) is 0 Å². The van der Waals surface area contributed by atoms with Crippen molar-refractivity contribution in [1.82, 2.24) is 4.98 Å². The number of rotatable bonds is 7. The van der Waals surface area contributed by atoms with Crippen molar-refractivity contribution in [3.63, 3.8) is 0 Å². The first-order valence-corrected chi connectivity index (χ1v) is 15.1. The molecule has 2 unspecified atom stereocenters. The third-order valence-corrected chi connectivity index (χ3v) is 11.0. The number of hydrogen-bond donors (Lipinski definition) is 3. The minimum Gasteiger partial charge on any atom is -0.389 e. The molecule has 2 bridgehead atoms. The summed E-state index contributed by atoms with van der Waals surface area (Å²) in [6.45, 7) is 0. The fourth-order valence-corrected chi connectivity index (χ4v) is 8.68. The van der Waals surface area contributed by atoms with Crippen LogP contribution >= 0.6 is 22.9 Å². The first kappa shape index (κ1) is 28.5. The van der Waals surface area contributed by atoms with Crippen molar-refractivity contribution in [1.29, 1.82) is 0 Å². The molecule has 1 heterocycles. The first-order chi connectivity index (χ1) is 18.9. The topological polar surface area (TPSA) is 125 Å². The predicted octanol–water partition coefficient (Wildman–Crippen LogP) is 5.19. The molecule has 212 valence electrons. The van der Waals surface area contributed by atoms with Crippen molar-refractivity contribution < 1.29 is 36.3 Å². The number of anilines is 2. The molecule has 2 amide bonds. The van der Waals surface area contributed by atoms with Gasteiger partial charge >= 0.3 is 0 Å². The van der Waals surface area contributed by atoms with E-state index in [1.165, 1.54) is 23.5 Å². The second-order valence-corrected chi connectivity index (χ2v) is 13.5. The zero-order valence-corrected chi connectivity index (χ0v) is 23.1. The SMILES string of the molecule is O=C(C[C@]1(O)C2CCC1C[C@@H](S(=O)(=O)c1cc(C(=O)Nc3cc(F)c(F)c(F)c3)ccc1Cl)C2)Nc1nccs1. The maximum atomic E-state index is 13.7. The van der Waals surface area contributed by atoms with Gasteiger partial charge in [0.1, 0.15) is 0 Å². The number of nitrogens with zero attached hydrogens (tertiary/aromatic N) is 1. The summed E-state index contributed by atoms with van der Waals surface area (Å²) >= 11 is 7.49. The Kier molecular flexibility index (Phi) is 7.68. The Morgan fingerprint density at radius 2 is 1.73 bits per heavy atom. The van der Waals surface area contributed by atoms with Crippen molar-refractivity contribution in [2.24, 2.45) is 11.8 Å². The predicted molar refractivity (Wildman–Crippen MR) is 142 cm³/mol. The van der Waals surface area contributed by atoms with E-state index in [1.807, 2.05) is 0 Å². The molecular weight excluding hydrogens is 591 g/mol. The van der Waals surface area contributed by atoms with Crippen LogP contribution in [0.4, 0.5) is 24.0 Å². The van der Waals surface area contributed by atoms with E-state index < -0.39 is 61.8 Å². The number of amides is 2. The molecule has 40 heavy (non-hydrogen) atoms. The lowest BCUT2D eigenvalue weighted by Gasteiger charge is -2.42. The Bertz CT molecular complexity index is 1550. The zero-order valence-electron chi connectivity index (χ0n) is 20.7. The lowest BCUT2D eigenvalue weighted by atomic mass is 9.72. The van der Waals surface area contributed by atoms with Gasteiger partial charge < -0.3 is 15.7 Å². The van der Waals surface area contributed by atoms with E-state index in [0.717, 1.165) is 6.07 Å². The summed E-state index contributed by atoms with van der Waals surface area (Å²) in [4.78, 5) is 29.0. The Labute approximate surface area is 236 Å². The van der Waals surface area contributed by atoms with Crippen molar-refractivity contribution in [3.8, 4) is 0 Å².